The molecule has 0 bridgehead atoms. The lowest BCUT2D eigenvalue weighted by molar-refractivity contribution is -0.385. The number of hydrogen-bond donors (Lipinski definition) is 1. The maximum Gasteiger partial charge on any atom is 0.328 e. The van der Waals surface area contributed by atoms with Gasteiger partial charge in [0.1, 0.15) is 6.04 Å². The Kier molecular flexibility index (Phi) is 5.45. The van der Waals surface area contributed by atoms with Crippen LogP contribution in [0.1, 0.15) is 13.8 Å². The zero-order valence-electron chi connectivity index (χ0n) is 12.2. The fourth-order valence-electron chi connectivity index (χ4n) is 1.75. The second kappa shape index (κ2) is 6.87. The predicted molar refractivity (Wildman–Crippen MR) is 73.9 cm³/mol. The Morgan fingerprint density at radius 1 is 1.38 bits per heavy atom. The van der Waals surface area contributed by atoms with E-state index >= 15 is 0 Å². The molecule has 0 fully saturated rings. The van der Waals surface area contributed by atoms with Gasteiger partial charge in [-0.25, -0.2) is 9.18 Å². The van der Waals surface area contributed by atoms with Crippen molar-refractivity contribution >= 4 is 17.3 Å². The highest BCUT2D eigenvalue weighted by atomic mass is 19.1. The van der Waals surface area contributed by atoms with Crippen LogP contribution in [0.4, 0.5) is 15.8 Å². The molecule has 0 aliphatic rings. The summed E-state index contributed by atoms with van der Waals surface area (Å²) in [5.41, 5.74) is -0.554. The Balaban J connectivity index is 3.18. The highest BCUT2D eigenvalue weighted by Gasteiger charge is 2.26. The zero-order chi connectivity index (χ0) is 16.2. The number of benzene rings is 1. The first-order valence-electron chi connectivity index (χ1n) is 6.18. The lowest BCUT2D eigenvalue weighted by atomic mass is 10.0. The number of hydrogen-bond acceptors (Lipinski definition) is 6. The molecule has 0 spiro atoms. The van der Waals surface area contributed by atoms with Crippen molar-refractivity contribution in [1.29, 1.82) is 0 Å². The number of carbonyl (C=O) groups excluding carboxylic acids is 1. The smallest absolute Gasteiger partial charge is 0.328 e. The molecule has 0 radical (unpaired) electrons. The zero-order valence-corrected chi connectivity index (χ0v) is 12.2. The van der Waals surface area contributed by atoms with E-state index in [0.29, 0.717) is 0 Å². The van der Waals surface area contributed by atoms with E-state index in [9.17, 15) is 19.3 Å². The van der Waals surface area contributed by atoms with Gasteiger partial charge in [0, 0.05) is 6.07 Å². The number of halogens is 1. The van der Waals surface area contributed by atoms with E-state index in [4.69, 9.17) is 4.74 Å². The maximum absolute atomic E-state index is 13.9. The first kappa shape index (κ1) is 16.7. The van der Waals surface area contributed by atoms with Crippen molar-refractivity contribution in [1.82, 2.24) is 0 Å². The second-order valence-corrected chi connectivity index (χ2v) is 4.65. The lowest BCUT2D eigenvalue weighted by Crippen LogP contribution is -2.35. The average Bonchev–Trinajstić information content (AvgIpc) is 2.44. The van der Waals surface area contributed by atoms with E-state index in [1.165, 1.54) is 14.2 Å². The summed E-state index contributed by atoms with van der Waals surface area (Å²) in [6.07, 6.45) is 0. The molecule has 0 saturated carbocycles. The Morgan fingerprint density at radius 2 is 2.00 bits per heavy atom. The molecule has 1 aromatic carbocycles. The summed E-state index contributed by atoms with van der Waals surface area (Å²) in [4.78, 5) is 21.7. The molecule has 0 amide bonds. The van der Waals surface area contributed by atoms with Gasteiger partial charge in [-0.15, -0.1) is 0 Å². The van der Waals surface area contributed by atoms with Gasteiger partial charge in [-0.05, 0) is 5.92 Å². The number of esters is 1. The van der Waals surface area contributed by atoms with Crippen LogP contribution in [0.3, 0.4) is 0 Å². The number of anilines is 1. The van der Waals surface area contributed by atoms with Gasteiger partial charge in [0.15, 0.2) is 11.6 Å². The van der Waals surface area contributed by atoms with Crippen LogP contribution in [0.5, 0.6) is 5.75 Å². The fraction of sp³-hybridized carbons (Fsp3) is 0.462. The summed E-state index contributed by atoms with van der Waals surface area (Å²) >= 11 is 0. The largest absolute Gasteiger partial charge is 0.490 e. The number of rotatable bonds is 6. The molecule has 0 aromatic heterocycles. The van der Waals surface area contributed by atoms with Crippen LogP contribution in [0, 0.1) is 21.8 Å². The molecule has 1 atom stereocenters. The molecule has 1 N–H and O–H groups in total. The molecule has 116 valence electrons. The number of ether oxygens (including phenoxy) is 2. The third kappa shape index (κ3) is 3.80. The van der Waals surface area contributed by atoms with Crippen molar-refractivity contribution in [2.45, 2.75) is 19.9 Å². The number of carbonyl (C=O) groups is 1. The molecular formula is C13H17FN2O5. The Morgan fingerprint density at radius 3 is 2.43 bits per heavy atom. The fourth-order valence-corrected chi connectivity index (χ4v) is 1.75. The van der Waals surface area contributed by atoms with E-state index in [2.05, 4.69) is 10.1 Å². The number of nitrogens with one attached hydrogen (secondary N) is 1. The van der Waals surface area contributed by atoms with Crippen LogP contribution in [0.15, 0.2) is 12.1 Å². The van der Waals surface area contributed by atoms with E-state index < -0.39 is 28.4 Å². The van der Waals surface area contributed by atoms with Crippen molar-refractivity contribution in [3.63, 3.8) is 0 Å². The van der Waals surface area contributed by atoms with Crippen molar-refractivity contribution in [2.75, 3.05) is 19.5 Å². The van der Waals surface area contributed by atoms with Gasteiger partial charge >= 0.3 is 11.7 Å². The molecule has 21 heavy (non-hydrogen) atoms. The number of nitrogens with zero attached hydrogens (tertiary/aromatic N) is 1. The highest BCUT2D eigenvalue weighted by molar-refractivity contribution is 5.80. The Bertz CT molecular complexity index is 548. The SMILES string of the molecule is COC(=O)C(Nc1cc(OC)c([N+](=O)[O-])cc1F)C(C)C. The predicted octanol–water partition coefficient (Wildman–Crippen LogP) is 2.35. The minimum Gasteiger partial charge on any atom is -0.490 e. The molecule has 0 heterocycles. The Hall–Kier alpha value is -2.38. The first-order chi connectivity index (χ1) is 9.81. The van der Waals surface area contributed by atoms with Crippen molar-refractivity contribution in [2.24, 2.45) is 5.92 Å². The maximum atomic E-state index is 13.9. The molecule has 1 aromatic rings. The number of nitro groups is 1. The second-order valence-electron chi connectivity index (χ2n) is 4.65. The molecule has 1 rings (SSSR count). The summed E-state index contributed by atoms with van der Waals surface area (Å²) in [6, 6.07) is 1.11. The van der Waals surface area contributed by atoms with Crippen LogP contribution in [-0.4, -0.2) is 31.2 Å². The van der Waals surface area contributed by atoms with Gasteiger partial charge in [-0.1, -0.05) is 13.8 Å². The molecule has 8 heteroatoms. The normalized spacial score (nSPS) is 11.9. The summed E-state index contributed by atoms with van der Waals surface area (Å²) in [5, 5.41) is 13.5. The van der Waals surface area contributed by atoms with Crippen LogP contribution < -0.4 is 10.1 Å². The van der Waals surface area contributed by atoms with Crippen LogP contribution in [-0.2, 0) is 9.53 Å². The third-order valence-corrected chi connectivity index (χ3v) is 2.90. The van der Waals surface area contributed by atoms with E-state index in [0.717, 1.165) is 12.1 Å². The quantitative estimate of drug-likeness (QED) is 0.492. The minimum absolute atomic E-state index is 0.0680. The first-order valence-corrected chi connectivity index (χ1v) is 6.18. The molecule has 0 saturated heterocycles. The third-order valence-electron chi connectivity index (χ3n) is 2.90. The van der Waals surface area contributed by atoms with E-state index in [-0.39, 0.29) is 17.4 Å². The molecule has 0 aliphatic carbocycles. The van der Waals surface area contributed by atoms with Gasteiger partial charge < -0.3 is 14.8 Å². The number of nitro benzene ring substituents is 1. The lowest BCUT2D eigenvalue weighted by Gasteiger charge is -2.21. The molecular weight excluding hydrogens is 283 g/mol. The summed E-state index contributed by atoms with van der Waals surface area (Å²) < 4.78 is 23.5. The van der Waals surface area contributed by atoms with Crippen molar-refractivity contribution in [3.8, 4) is 5.75 Å². The topological polar surface area (TPSA) is 90.7 Å². The van der Waals surface area contributed by atoms with E-state index in [1.807, 2.05) is 0 Å². The summed E-state index contributed by atoms with van der Waals surface area (Å²) in [7, 11) is 2.47. The molecule has 1 unspecified atom stereocenters. The van der Waals surface area contributed by atoms with Gasteiger partial charge in [0.2, 0.25) is 0 Å². The standard InChI is InChI=1S/C13H17FN2O5/c1-7(2)12(13(17)21-4)15-9-6-11(20-3)10(16(18)19)5-8(9)14/h5-7,12,15H,1-4H3. The van der Waals surface area contributed by atoms with Gasteiger partial charge in [-0.3, -0.25) is 10.1 Å². The molecule has 0 aliphatic heterocycles. The van der Waals surface area contributed by atoms with Crippen LogP contribution >= 0.6 is 0 Å². The van der Waals surface area contributed by atoms with E-state index in [1.54, 1.807) is 13.8 Å². The average molecular weight is 300 g/mol. The summed E-state index contributed by atoms with van der Waals surface area (Å²) in [5.74, 6) is -1.67. The minimum atomic E-state index is -0.850. The van der Waals surface area contributed by atoms with Gasteiger partial charge in [-0.2, -0.15) is 0 Å². The summed E-state index contributed by atoms with van der Waals surface area (Å²) in [6.45, 7) is 3.52. The van der Waals surface area contributed by atoms with Crippen LogP contribution in [0.2, 0.25) is 0 Å². The Labute approximate surface area is 121 Å². The van der Waals surface area contributed by atoms with Crippen molar-refractivity contribution in [3.05, 3.63) is 28.1 Å². The van der Waals surface area contributed by atoms with Crippen LogP contribution in [0.25, 0.3) is 0 Å². The molecule has 7 nitrogen and oxygen atoms in total. The van der Waals surface area contributed by atoms with Gasteiger partial charge in [0.25, 0.3) is 0 Å². The van der Waals surface area contributed by atoms with Crippen molar-refractivity contribution < 1.29 is 23.6 Å². The van der Waals surface area contributed by atoms with Gasteiger partial charge in [0.05, 0.1) is 30.9 Å². The monoisotopic (exact) mass is 300 g/mol. The highest BCUT2D eigenvalue weighted by Crippen LogP contribution is 2.33. The number of methoxy groups -OCH3 is 2.